The Morgan fingerprint density at radius 3 is 2.10 bits per heavy atom. The zero-order valence-corrected chi connectivity index (χ0v) is 21.3. The number of carboxylic acid groups (broad SMARTS) is 1. The molecule has 0 saturated heterocycles. The van der Waals surface area contributed by atoms with Crippen LogP contribution >= 0.6 is 0 Å². The number of halogens is 2. The standard InChI is InChI=1S/C31H30F2N2O4/c32-25-11-7-12-26(18-25)39-30-15-6-3-9-23(30)20-35(17-16-28(34)31(36)37)19-22-8-2-5-14-29(22)38-21-24-10-1-4-13-27(24)33/h1-15,18,28H,16-17,19-21,34H2,(H,36,37). The quantitative estimate of drug-likeness (QED) is 0.215. The predicted molar refractivity (Wildman–Crippen MR) is 144 cm³/mol. The summed E-state index contributed by atoms with van der Waals surface area (Å²) in [5.74, 6) is -0.292. The van der Waals surface area contributed by atoms with Crippen LogP contribution in [0.1, 0.15) is 23.1 Å². The van der Waals surface area contributed by atoms with E-state index in [-0.39, 0.29) is 18.8 Å². The monoisotopic (exact) mass is 532 g/mol. The molecule has 4 aromatic rings. The minimum Gasteiger partial charge on any atom is -0.488 e. The van der Waals surface area contributed by atoms with Crippen molar-refractivity contribution in [3.05, 3.63) is 125 Å². The van der Waals surface area contributed by atoms with Crippen LogP contribution in [0.15, 0.2) is 97.1 Å². The number of nitrogens with two attached hydrogens (primary N) is 1. The number of rotatable bonds is 13. The molecule has 0 bridgehead atoms. The zero-order chi connectivity index (χ0) is 27.6. The first-order chi connectivity index (χ1) is 18.9. The predicted octanol–water partition coefficient (Wildman–Crippen LogP) is 6.14. The van der Waals surface area contributed by atoms with Gasteiger partial charge in [0.05, 0.1) is 0 Å². The Morgan fingerprint density at radius 1 is 0.821 bits per heavy atom. The fraction of sp³-hybridized carbons (Fsp3) is 0.194. The third kappa shape index (κ3) is 8.10. The summed E-state index contributed by atoms with van der Waals surface area (Å²) in [7, 11) is 0. The molecular weight excluding hydrogens is 502 g/mol. The van der Waals surface area contributed by atoms with Crippen molar-refractivity contribution in [2.45, 2.75) is 32.2 Å². The van der Waals surface area contributed by atoms with Gasteiger partial charge in [0, 0.05) is 42.4 Å². The summed E-state index contributed by atoms with van der Waals surface area (Å²) in [4.78, 5) is 13.4. The molecule has 4 rings (SSSR count). The van der Waals surface area contributed by atoms with Crippen LogP contribution in [0.5, 0.6) is 17.2 Å². The molecule has 0 heterocycles. The highest BCUT2D eigenvalue weighted by atomic mass is 19.1. The molecule has 1 unspecified atom stereocenters. The second kappa shape index (κ2) is 13.5. The van der Waals surface area contributed by atoms with Gasteiger partial charge in [0.25, 0.3) is 0 Å². The van der Waals surface area contributed by atoms with E-state index in [0.29, 0.717) is 42.4 Å². The van der Waals surface area contributed by atoms with E-state index in [1.807, 2.05) is 47.4 Å². The van der Waals surface area contributed by atoms with Gasteiger partial charge < -0.3 is 20.3 Å². The fourth-order valence-corrected chi connectivity index (χ4v) is 4.08. The smallest absolute Gasteiger partial charge is 0.320 e. The first-order valence-corrected chi connectivity index (χ1v) is 12.5. The van der Waals surface area contributed by atoms with Crippen LogP contribution in [0, 0.1) is 11.6 Å². The van der Waals surface area contributed by atoms with Crippen molar-refractivity contribution in [3.63, 3.8) is 0 Å². The topological polar surface area (TPSA) is 85.0 Å². The van der Waals surface area contributed by atoms with Gasteiger partial charge in [-0.15, -0.1) is 0 Å². The lowest BCUT2D eigenvalue weighted by molar-refractivity contribution is -0.138. The van der Waals surface area contributed by atoms with Crippen LogP contribution in [0.25, 0.3) is 0 Å². The minimum absolute atomic E-state index is 0.0673. The van der Waals surface area contributed by atoms with Gasteiger partial charge in [0.1, 0.15) is 41.5 Å². The van der Waals surface area contributed by atoms with Crippen molar-refractivity contribution in [1.82, 2.24) is 4.90 Å². The summed E-state index contributed by atoms with van der Waals surface area (Å²) in [6.07, 6.45) is 0.223. The Kier molecular flexibility index (Phi) is 9.61. The molecule has 0 spiro atoms. The molecule has 0 radical (unpaired) electrons. The Hall–Kier alpha value is -4.27. The van der Waals surface area contributed by atoms with Crippen LogP contribution < -0.4 is 15.2 Å². The summed E-state index contributed by atoms with van der Waals surface area (Å²) >= 11 is 0. The van der Waals surface area contributed by atoms with Crippen molar-refractivity contribution < 1.29 is 28.2 Å². The van der Waals surface area contributed by atoms with Gasteiger partial charge in [-0.3, -0.25) is 9.69 Å². The Morgan fingerprint density at radius 2 is 1.44 bits per heavy atom. The molecule has 6 nitrogen and oxygen atoms in total. The summed E-state index contributed by atoms with van der Waals surface area (Å²) in [5, 5.41) is 9.30. The number of hydrogen-bond donors (Lipinski definition) is 2. The zero-order valence-electron chi connectivity index (χ0n) is 21.3. The molecule has 8 heteroatoms. The first kappa shape index (κ1) is 27.8. The number of ether oxygens (including phenoxy) is 2. The number of benzene rings is 4. The van der Waals surface area contributed by atoms with E-state index in [0.717, 1.165) is 11.1 Å². The van der Waals surface area contributed by atoms with Crippen molar-refractivity contribution in [2.24, 2.45) is 5.73 Å². The average molecular weight is 533 g/mol. The summed E-state index contributed by atoms with van der Waals surface area (Å²) in [5.41, 5.74) is 7.93. The van der Waals surface area contributed by atoms with E-state index >= 15 is 0 Å². The van der Waals surface area contributed by atoms with Crippen molar-refractivity contribution in [2.75, 3.05) is 6.54 Å². The molecule has 0 amide bonds. The van der Waals surface area contributed by atoms with Crippen LogP contribution in [-0.2, 0) is 24.5 Å². The highest BCUT2D eigenvalue weighted by Gasteiger charge is 2.18. The molecule has 0 aliphatic rings. The number of carboxylic acids is 1. The van der Waals surface area contributed by atoms with Crippen molar-refractivity contribution in [3.8, 4) is 17.2 Å². The lowest BCUT2D eigenvalue weighted by Gasteiger charge is -2.25. The van der Waals surface area contributed by atoms with Gasteiger partial charge in [0.15, 0.2) is 0 Å². The molecule has 0 fully saturated rings. The van der Waals surface area contributed by atoms with E-state index < -0.39 is 17.8 Å². The minimum atomic E-state index is -1.07. The number of hydrogen-bond acceptors (Lipinski definition) is 5. The van der Waals surface area contributed by atoms with E-state index in [1.54, 1.807) is 36.4 Å². The molecule has 1 atom stereocenters. The van der Waals surface area contributed by atoms with E-state index in [4.69, 9.17) is 15.2 Å². The summed E-state index contributed by atoms with van der Waals surface area (Å²) < 4.78 is 39.8. The third-order valence-electron chi connectivity index (χ3n) is 6.17. The van der Waals surface area contributed by atoms with Crippen LogP contribution in [0.2, 0.25) is 0 Å². The normalized spacial score (nSPS) is 11.8. The van der Waals surface area contributed by atoms with E-state index in [1.165, 1.54) is 18.2 Å². The molecule has 0 aliphatic heterocycles. The Balaban J connectivity index is 1.55. The molecule has 39 heavy (non-hydrogen) atoms. The van der Waals surface area contributed by atoms with Crippen molar-refractivity contribution in [1.29, 1.82) is 0 Å². The molecule has 0 aromatic heterocycles. The van der Waals surface area contributed by atoms with Gasteiger partial charge in [0.2, 0.25) is 0 Å². The van der Waals surface area contributed by atoms with Gasteiger partial charge in [-0.2, -0.15) is 0 Å². The SMILES string of the molecule is NC(CCN(Cc1ccccc1OCc1ccccc1F)Cc1ccccc1Oc1cccc(F)c1)C(=O)O. The second-order valence-corrected chi connectivity index (χ2v) is 9.10. The molecule has 202 valence electrons. The maximum absolute atomic E-state index is 14.1. The number of para-hydroxylation sites is 2. The molecule has 4 aromatic carbocycles. The van der Waals surface area contributed by atoms with Crippen molar-refractivity contribution >= 4 is 5.97 Å². The Bertz CT molecular complexity index is 1400. The van der Waals surface area contributed by atoms with Crippen LogP contribution in [0.4, 0.5) is 8.78 Å². The number of aliphatic carboxylic acids is 1. The van der Waals surface area contributed by atoms with E-state index in [2.05, 4.69) is 0 Å². The largest absolute Gasteiger partial charge is 0.488 e. The van der Waals surface area contributed by atoms with E-state index in [9.17, 15) is 18.7 Å². The second-order valence-electron chi connectivity index (χ2n) is 9.10. The molecule has 0 aliphatic carbocycles. The molecule has 3 N–H and O–H groups in total. The van der Waals surface area contributed by atoms with Gasteiger partial charge in [-0.05, 0) is 36.8 Å². The highest BCUT2D eigenvalue weighted by Crippen LogP contribution is 2.28. The Labute approximate surface area is 226 Å². The fourth-order valence-electron chi connectivity index (χ4n) is 4.08. The van der Waals surface area contributed by atoms with Crippen LogP contribution in [-0.4, -0.2) is 28.6 Å². The van der Waals surface area contributed by atoms with Gasteiger partial charge in [-0.25, -0.2) is 8.78 Å². The third-order valence-corrected chi connectivity index (χ3v) is 6.17. The highest BCUT2D eigenvalue weighted by molar-refractivity contribution is 5.73. The average Bonchev–Trinajstić information content (AvgIpc) is 2.93. The summed E-state index contributed by atoms with van der Waals surface area (Å²) in [6, 6.07) is 26.2. The summed E-state index contributed by atoms with van der Waals surface area (Å²) in [6.45, 7) is 1.26. The number of nitrogens with zero attached hydrogens (tertiary/aromatic N) is 1. The van der Waals surface area contributed by atoms with Crippen LogP contribution in [0.3, 0.4) is 0 Å². The molecule has 0 saturated carbocycles. The lowest BCUT2D eigenvalue weighted by Crippen LogP contribution is -2.35. The van der Waals surface area contributed by atoms with Gasteiger partial charge >= 0.3 is 5.97 Å². The number of carbonyl (C=O) groups is 1. The lowest BCUT2D eigenvalue weighted by atomic mass is 10.1. The molecular formula is C31H30F2N2O4. The first-order valence-electron chi connectivity index (χ1n) is 12.5. The maximum Gasteiger partial charge on any atom is 0.320 e. The van der Waals surface area contributed by atoms with Gasteiger partial charge in [-0.1, -0.05) is 60.7 Å². The maximum atomic E-state index is 14.1.